The molecule has 0 aromatic heterocycles. The molecule has 120 valence electrons. The van der Waals surface area contributed by atoms with Crippen LogP contribution in [0.15, 0.2) is 67.3 Å². The van der Waals surface area contributed by atoms with Crippen LogP contribution < -0.4 is 10.1 Å². The average molecular weight is 327 g/mol. The van der Waals surface area contributed by atoms with E-state index in [1.165, 1.54) is 5.56 Å². The maximum Gasteiger partial charge on any atom is 0.237 e. The molecule has 2 rings (SSSR count). The van der Waals surface area contributed by atoms with Crippen LogP contribution in [0.5, 0.6) is 5.75 Å². The van der Waals surface area contributed by atoms with Gasteiger partial charge < -0.3 is 10.1 Å². The van der Waals surface area contributed by atoms with Gasteiger partial charge in [0.15, 0.2) is 0 Å². The summed E-state index contributed by atoms with van der Waals surface area (Å²) >= 11 is 1.62. The molecule has 0 unspecified atom stereocenters. The number of ether oxygens (including phenoxy) is 1. The molecule has 2 aromatic carbocycles. The van der Waals surface area contributed by atoms with Gasteiger partial charge in [-0.2, -0.15) is 0 Å². The van der Waals surface area contributed by atoms with Gasteiger partial charge in [-0.1, -0.05) is 43.0 Å². The molecule has 0 aliphatic rings. The molecule has 0 radical (unpaired) electrons. The minimum absolute atomic E-state index is 0.00527. The van der Waals surface area contributed by atoms with Crippen LogP contribution in [0.4, 0.5) is 5.69 Å². The summed E-state index contributed by atoms with van der Waals surface area (Å²) in [5.74, 6) is 1.59. The van der Waals surface area contributed by atoms with Gasteiger partial charge in [0.1, 0.15) is 12.4 Å². The SMILES string of the molecule is C=CCOc1ccc(NC(=O)[C@H](C)SCc2ccccc2)cc1. The Labute approximate surface area is 141 Å². The zero-order chi connectivity index (χ0) is 16.5. The van der Waals surface area contributed by atoms with Crippen molar-refractivity contribution in [2.24, 2.45) is 0 Å². The highest BCUT2D eigenvalue weighted by Gasteiger charge is 2.13. The average Bonchev–Trinajstić information content (AvgIpc) is 2.60. The predicted octanol–water partition coefficient (Wildman–Crippen LogP) is 4.51. The molecule has 2 aromatic rings. The number of nitrogens with one attached hydrogen (secondary N) is 1. The summed E-state index contributed by atoms with van der Waals surface area (Å²) in [4.78, 5) is 12.2. The molecular formula is C19H21NO2S. The van der Waals surface area contributed by atoms with E-state index in [4.69, 9.17) is 4.74 Å². The minimum atomic E-state index is -0.119. The van der Waals surface area contributed by atoms with Crippen LogP contribution in [-0.2, 0) is 10.5 Å². The lowest BCUT2D eigenvalue weighted by Gasteiger charge is -2.12. The second-order valence-corrected chi connectivity index (χ2v) is 6.38. The third-order valence-electron chi connectivity index (χ3n) is 3.20. The van der Waals surface area contributed by atoms with Crippen LogP contribution in [0, 0.1) is 0 Å². The van der Waals surface area contributed by atoms with E-state index < -0.39 is 0 Å². The van der Waals surface area contributed by atoms with Gasteiger partial charge in [0.25, 0.3) is 0 Å². The first-order valence-corrected chi connectivity index (χ1v) is 8.54. The molecule has 3 nitrogen and oxygen atoms in total. The van der Waals surface area contributed by atoms with Crippen molar-refractivity contribution >= 4 is 23.4 Å². The number of carbonyl (C=O) groups excluding carboxylic acids is 1. The quantitative estimate of drug-likeness (QED) is 0.725. The number of rotatable bonds is 8. The number of amides is 1. The minimum Gasteiger partial charge on any atom is -0.490 e. The van der Waals surface area contributed by atoms with E-state index >= 15 is 0 Å². The molecule has 1 atom stereocenters. The van der Waals surface area contributed by atoms with Crippen LogP contribution in [0.25, 0.3) is 0 Å². The zero-order valence-electron chi connectivity index (χ0n) is 13.2. The first-order valence-electron chi connectivity index (χ1n) is 7.49. The van der Waals surface area contributed by atoms with Gasteiger partial charge in [-0.25, -0.2) is 0 Å². The van der Waals surface area contributed by atoms with Gasteiger partial charge in [-0.05, 0) is 36.8 Å². The maximum absolute atomic E-state index is 12.2. The Hall–Kier alpha value is -2.20. The molecule has 0 spiro atoms. The fraction of sp³-hybridized carbons (Fsp3) is 0.211. The molecule has 1 amide bonds. The van der Waals surface area contributed by atoms with Crippen LogP contribution >= 0.6 is 11.8 Å². The van der Waals surface area contributed by atoms with Crippen molar-refractivity contribution in [2.45, 2.75) is 17.9 Å². The van der Waals surface area contributed by atoms with Crippen LogP contribution in [-0.4, -0.2) is 17.8 Å². The normalized spacial score (nSPS) is 11.5. The first-order chi connectivity index (χ1) is 11.2. The molecule has 0 aliphatic heterocycles. The third kappa shape index (κ3) is 5.83. The third-order valence-corrected chi connectivity index (χ3v) is 4.42. The van der Waals surface area contributed by atoms with E-state index in [0.29, 0.717) is 6.61 Å². The zero-order valence-corrected chi connectivity index (χ0v) is 14.0. The van der Waals surface area contributed by atoms with Gasteiger partial charge >= 0.3 is 0 Å². The first kappa shape index (κ1) is 17.2. The number of thioether (sulfide) groups is 1. The number of anilines is 1. The summed E-state index contributed by atoms with van der Waals surface area (Å²) in [6.45, 7) is 6.00. The van der Waals surface area contributed by atoms with Crippen molar-refractivity contribution in [1.29, 1.82) is 0 Å². The second-order valence-electron chi connectivity index (χ2n) is 5.05. The van der Waals surface area contributed by atoms with Crippen molar-refractivity contribution < 1.29 is 9.53 Å². The van der Waals surface area contributed by atoms with E-state index in [1.54, 1.807) is 17.8 Å². The van der Waals surface area contributed by atoms with Gasteiger partial charge in [0, 0.05) is 11.4 Å². The highest BCUT2D eigenvalue weighted by Crippen LogP contribution is 2.20. The molecule has 0 bridgehead atoms. The number of carbonyl (C=O) groups is 1. The smallest absolute Gasteiger partial charge is 0.237 e. The van der Waals surface area contributed by atoms with E-state index in [-0.39, 0.29) is 11.2 Å². The summed E-state index contributed by atoms with van der Waals surface area (Å²) in [5, 5.41) is 2.81. The molecule has 1 N–H and O–H groups in total. The number of hydrogen-bond acceptors (Lipinski definition) is 3. The summed E-state index contributed by atoms with van der Waals surface area (Å²) in [7, 11) is 0. The Bertz CT molecular complexity index is 626. The molecule has 0 heterocycles. The van der Waals surface area contributed by atoms with E-state index in [9.17, 15) is 4.79 Å². The van der Waals surface area contributed by atoms with Gasteiger partial charge in [-0.3, -0.25) is 4.79 Å². The van der Waals surface area contributed by atoms with Crippen molar-refractivity contribution in [1.82, 2.24) is 0 Å². The van der Waals surface area contributed by atoms with Crippen LogP contribution in [0.2, 0.25) is 0 Å². The maximum atomic E-state index is 12.2. The Morgan fingerprint density at radius 2 is 1.91 bits per heavy atom. The van der Waals surface area contributed by atoms with Gasteiger partial charge in [0.05, 0.1) is 5.25 Å². The fourth-order valence-corrected chi connectivity index (χ4v) is 2.75. The lowest BCUT2D eigenvalue weighted by atomic mass is 10.2. The highest BCUT2D eigenvalue weighted by atomic mass is 32.2. The second kappa shape index (κ2) is 9.06. The Morgan fingerprint density at radius 1 is 1.22 bits per heavy atom. The van der Waals surface area contributed by atoms with Crippen molar-refractivity contribution in [3.63, 3.8) is 0 Å². The Balaban J connectivity index is 1.82. The monoisotopic (exact) mass is 327 g/mol. The van der Waals surface area contributed by atoms with Gasteiger partial charge in [-0.15, -0.1) is 11.8 Å². The lowest BCUT2D eigenvalue weighted by Crippen LogP contribution is -2.22. The van der Waals surface area contributed by atoms with Gasteiger partial charge in [0.2, 0.25) is 5.91 Å². The molecule has 0 saturated heterocycles. The van der Waals surface area contributed by atoms with Crippen molar-refractivity contribution in [3.8, 4) is 5.75 Å². The molecule has 0 fully saturated rings. The van der Waals surface area contributed by atoms with E-state index in [2.05, 4.69) is 24.0 Å². The topological polar surface area (TPSA) is 38.3 Å². The van der Waals surface area contributed by atoms with Crippen LogP contribution in [0.1, 0.15) is 12.5 Å². The summed E-state index contributed by atoms with van der Waals surface area (Å²) in [6, 6.07) is 17.5. The standard InChI is InChI=1S/C19H21NO2S/c1-3-13-22-18-11-9-17(10-12-18)20-19(21)15(2)23-14-16-7-5-4-6-8-16/h3-12,15H,1,13-14H2,2H3,(H,20,21)/t15-/m0/s1. The molecule has 0 aliphatic carbocycles. The molecular weight excluding hydrogens is 306 g/mol. The summed E-state index contributed by atoms with van der Waals surface area (Å²) in [5.41, 5.74) is 1.99. The fourth-order valence-electron chi connectivity index (χ4n) is 1.90. The van der Waals surface area contributed by atoms with E-state index in [1.807, 2.05) is 49.4 Å². The molecule has 4 heteroatoms. The highest BCUT2D eigenvalue weighted by molar-refractivity contribution is 7.99. The largest absolute Gasteiger partial charge is 0.490 e. The Morgan fingerprint density at radius 3 is 2.57 bits per heavy atom. The van der Waals surface area contributed by atoms with Crippen molar-refractivity contribution in [3.05, 3.63) is 72.8 Å². The number of benzene rings is 2. The van der Waals surface area contributed by atoms with Crippen LogP contribution in [0.3, 0.4) is 0 Å². The van der Waals surface area contributed by atoms with E-state index in [0.717, 1.165) is 17.2 Å². The summed E-state index contributed by atoms with van der Waals surface area (Å²) in [6.07, 6.45) is 1.70. The van der Waals surface area contributed by atoms with Crippen molar-refractivity contribution in [2.75, 3.05) is 11.9 Å². The predicted molar refractivity (Wildman–Crippen MR) is 98.0 cm³/mol. The molecule has 23 heavy (non-hydrogen) atoms. The summed E-state index contributed by atoms with van der Waals surface area (Å²) < 4.78 is 5.42. The Kier molecular flexibility index (Phi) is 6.76. The number of hydrogen-bond donors (Lipinski definition) is 1. The lowest BCUT2D eigenvalue weighted by molar-refractivity contribution is -0.115. The molecule has 0 saturated carbocycles.